The zero-order chi connectivity index (χ0) is 16.7. The van der Waals surface area contributed by atoms with E-state index in [1.165, 1.54) is 0 Å². The number of benzene rings is 1. The van der Waals surface area contributed by atoms with E-state index in [4.69, 9.17) is 9.84 Å². The maximum Gasteiger partial charge on any atom is 0.315 e. The smallest absolute Gasteiger partial charge is 0.315 e. The van der Waals surface area contributed by atoms with E-state index < -0.39 is 5.97 Å². The molecule has 0 unspecified atom stereocenters. The van der Waals surface area contributed by atoms with Gasteiger partial charge in [-0.2, -0.15) is 0 Å². The fourth-order valence-corrected chi connectivity index (χ4v) is 2.87. The maximum absolute atomic E-state index is 11.9. The second-order valence-electron chi connectivity index (χ2n) is 5.89. The van der Waals surface area contributed by atoms with Crippen LogP contribution >= 0.6 is 0 Å². The Morgan fingerprint density at radius 3 is 2.65 bits per heavy atom. The summed E-state index contributed by atoms with van der Waals surface area (Å²) in [6.07, 6.45) is 3.44. The third-order valence-electron chi connectivity index (χ3n) is 4.25. The summed E-state index contributed by atoms with van der Waals surface area (Å²) in [6, 6.07) is 7.64. The van der Waals surface area contributed by atoms with Crippen molar-refractivity contribution < 1.29 is 19.4 Å². The number of aliphatic carboxylic acids is 1. The molecule has 126 valence electrons. The van der Waals surface area contributed by atoms with E-state index in [2.05, 4.69) is 10.6 Å². The molecule has 0 aliphatic heterocycles. The molecule has 6 nitrogen and oxygen atoms in total. The highest BCUT2D eigenvalue weighted by atomic mass is 16.5. The zero-order valence-electron chi connectivity index (χ0n) is 13.4. The van der Waals surface area contributed by atoms with Crippen molar-refractivity contribution >= 4 is 12.0 Å². The van der Waals surface area contributed by atoms with Gasteiger partial charge in [0.1, 0.15) is 5.75 Å². The number of carbonyl (C=O) groups is 2. The quantitative estimate of drug-likeness (QED) is 0.749. The van der Waals surface area contributed by atoms with E-state index in [1.54, 1.807) is 7.11 Å². The lowest BCUT2D eigenvalue weighted by Gasteiger charge is -2.26. The molecule has 0 radical (unpaired) electrons. The van der Waals surface area contributed by atoms with Gasteiger partial charge in [-0.3, -0.25) is 4.79 Å². The van der Waals surface area contributed by atoms with Crippen LogP contribution in [0.1, 0.15) is 31.2 Å². The second kappa shape index (κ2) is 8.41. The summed E-state index contributed by atoms with van der Waals surface area (Å²) in [5.41, 5.74) is 1.10. The van der Waals surface area contributed by atoms with E-state index in [0.29, 0.717) is 19.4 Å². The molecule has 1 aromatic carbocycles. The van der Waals surface area contributed by atoms with Gasteiger partial charge in [-0.15, -0.1) is 0 Å². The molecule has 1 aromatic rings. The van der Waals surface area contributed by atoms with Crippen LogP contribution in [0.4, 0.5) is 4.79 Å². The van der Waals surface area contributed by atoms with E-state index in [-0.39, 0.29) is 18.0 Å². The molecule has 3 N–H and O–H groups in total. The zero-order valence-corrected chi connectivity index (χ0v) is 13.4. The number of rotatable bonds is 6. The number of carboxylic acid groups (broad SMARTS) is 1. The highest BCUT2D eigenvalue weighted by molar-refractivity contribution is 5.74. The molecule has 0 bridgehead atoms. The van der Waals surface area contributed by atoms with Crippen LogP contribution in [0.15, 0.2) is 24.3 Å². The van der Waals surface area contributed by atoms with Gasteiger partial charge in [0, 0.05) is 12.6 Å². The third-order valence-corrected chi connectivity index (χ3v) is 4.25. The van der Waals surface area contributed by atoms with Gasteiger partial charge in [0.05, 0.1) is 13.0 Å². The Kier molecular flexibility index (Phi) is 6.26. The lowest BCUT2D eigenvalue weighted by Crippen LogP contribution is -2.44. The van der Waals surface area contributed by atoms with Crippen molar-refractivity contribution in [2.75, 3.05) is 13.7 Å². The fourth-order valence-electron chi connectivity index (χ4n) is 2.87. The van der Waals surface area contributed by atoms with Gasteiger partial charge in [0.25, 0.3) is 0 Å². The summed E-state index contributed by atoms with van der Waals surface area (Å²) < 4.78 is 5.17. The van der Waals surface area contributed by atoms with Crippen molar-refractivity contribution in [2.24, 2.45) is 5.92 Å². The molecular formula is C17H24N2O4. The van der Waals surface area contributed by atoms with Crippen LogP contribution in [0.5, 0.6) is 5.75 Å². The first kappa shape index (κ1) is 17.1. The molecule has 0 spiro atoms. The number of urea groups is 1. The number of ether oxygens (including phenoxy) is 1. The summed E-state index contributed by atoms with van der Waals surface area (Å²) in [5.74, 6) is -0.183. The number of methoxy groups -OCH3 is 1. The minimum Gasteiger partial charge on any atom is -0.497 e. The van der Waals surface area contributed by atoms with E-state index >= 15 is 0 Å². The van der Waals surface area contributed by atoms with E-state index in [9.17, 15) is 9.59 Å². The molecule has 0 atom stereocenters. The molecule has 0 aromatic heterocycles. The molecule has 2 rings (SSSR count). The Balaban J connectivity index is 1.66. The van der Waals surface area contributed by atoms with Gasteiger partial charge in [-0.1, -0.05) is 12.1 Å². The number of carboxylic acids is 1. The summed E-state index contributed by atoms with van der Waals surface area (Å²) in [5, 5.41) is 14.7. The Labute approximate surface area is 136 Å². The highest BCUT2D eigenvalue weighted by Gasteiger charge is 2.26. The average molecular weight is 320 g/mol. The summed E-state index contributed by atoms with van der Waals surface area (Å²) in [6.45, 7) is 0.545. The van der Waals surface area contributed by atoms with Crippen molar-refractivity contribution in [3.05, 3.63) is 29.8 Å². The summed E-state index contributed by atoms with van der Waals surface area (Å²) in [7, 11) is 1.63. The van der Waals surface area contributed by atoms with Crippen molar-refractivity contribution in [1.82, 2.24) is 10.6 Å². The topological polar surface area (TPSA) is 87.7 Å². The molecule has 1 saturated carbocycles. The molecule has 1 aliphatic rings. The molecule has 2 amide bonds. The Morgan fingerprint density at radius 1 is 1.26 bits per heavy atom. The van der Waals surface area contributed by atoms with Gasteiger partial charge in [0.2, 0.25) is 0 Å². The number of hydrogen-bond donors (Lipinski definition) is 3. The van der Waals surface area contributed by atoms with Crippen LogP contribution in [0.2, 0.25) is 0 Å². The van der Waals surface area contributed by atoms with Crippen LogP contribution in [-0.4, -0.2) is 36.8 Å². The Morgan fingerprint density at radius 2 is 2.00 bits per heavy atom. The number of nitrogens with one attached hydrogen (secondary N) is 2. The Hall–Kier alpha value is -2.24. The normalized spacial score (nSPS) is 20.6. The largest absolute Gasteiger partial charge is 0.497 e. The first-order valence-electron chi connectivity index (χ1n) is 7.98. The fraction of sp³-hybridized carbons (Fsp3) is 0.529. The van der Waals surface area contributed by atoms with Crippen LogP contribution in [0.3, 0.4) is 0 Å². The van der Waals surface area contributed by atoms with Crippen LogP contribution in [0, 0.1) is 5.92 Å². The first-order chi connectivity index (χ1) is 11.1. The molecule has 0 saturated heterocycles. The van der Waals surface area contributed by atoms with Crippen LogP contribution in [-0.2, 0) is 11.2 Å². The van der Waals surface area contributed by atoms with Crippen molar-refractivity contribution in [2.45, 2.75) is 38.1 Å². The number of hydrogen-bond acceptors (Lipinski definition) is 3. The highest BCUT2D eigenvalue weighted by Crippen LogP contribution is 2.24. The standard InChI is InChI=1S/C17H24N2O4/c1-23-15-4-2-3-12(11-15)9-10-18-17(22)19-14-7-5-13(6-8-14)16(20)21/h2-4,11,13-14H,5-10H2,1H3,(H,20,21)(H2,18,19,22). The number of carbonyl (C=O) groups excluding carboxylic acids is 1. The van der Waals surface area contributed by atoms with E-state index in [0.717, 1.165) is 30.6 Å². The molecule has 23 heavy (non-hydrogen) atoms. The molecule has 1 fully saturated rings. The molecule has 6 heteroatoms. The maximum atomic E-state index is 11.9. The summed E-state index contributed by atoms with van der Waals surface area (Å²) >= 11 is 0. The van der Waals surface area contributed by atoms with Crippen LogP contribution in [0.25, 0.3) is 0 Å². The predicted molar refractivity (Wildman–Crippen MR) is 86.6 cm³/mol. The third kappa shape index (κ3) is 5.47. The lowest BCUT2D eigenvalue weighted by molar-refractivity contribution is -0.142. The van der Waals surface area contributed by atoms with Gasteiger partial charge in [-0.05, 0) is 49.8 Å². The van der Waals surface area contributed by atoms with E-state index in [1.807, 2.05) is 24.3 Å². The number of amides is 2. The van der Waals surface area contributed by atoms with Gasteiger partial charge in [0.15, 0.2) is 0 Å². The minimum atomic E-state index is -0.730. The minimum absolute atomic E-state index is 0.0717. The monoisotopic (exact) mass is 320 g/mol. The van der Waals surface area contributed by atoms with Crippen LogP contribution < -0.4 is 15.4 Å². The van der Waals surface area contributed by atoms with Gasteiger partial charge in [-0.25, -0.2) is 4.79 Å². The molecule has 1 aliphatic carbocycles. The van der Waals surface area contributed by atoms with Gasteiger partial charge >= 0.3 is 12.0 Å². The predicted octanol–water partition coefficient (Wildman–Crippen LogP) is 2.18. The summed E-state index contributed by atoms with van der Waals surface area (Å²) in [4.78, 5) is 22.8. The Bertz CT molecular complexity index is 539. The molecule has 0 heterocycles. The second-order valence-corrected chi connectivity index (χ2v) is 5.89. The first-order valence-corrected chi connectivity index (χ1v) is 7.98. The molecular weight excluding hydrogens is 296 g/mol. The van der Waals surface area contributed by atoms with Gasteiger partial charge < -0.3 is 20.5 Å². The average Bonchev–Trinajstić information content (AvgIpc) is 2.55. The van der Waals surface area contributed by atoms with Crippen molar-refractivity contribution in [3.63, 3.8) is 0 Å². The SMILES string of the molecule is COc1cccc(CCNC(=O)NC2CCC(C(=O)O)CC2)c1. The van der Waals surface area contributed by atoms with Crippen molar-refractivity contribution in [3.8, 4) is 5.75 Å². The lowest BCUT2D eigenvalue weighted by atomic mass is 9.86. The van der Waals surface area contributed by atoms with Crippen molar-refractivity contribution in [1.29, 1.82) is 0 Å².